The minimum Gasteiger partial charge on any atom is -0.368 e. The molecular formula is C16H36N4O. The molecule has 0 aliphatic heterocycles. The van der Waals surface area contributed by atoms with E-state index in [0.717, 1.165) is 39.1 Å². The van der Waals surface area contributed by atoms with Crippen LogP contribution in [0.25, 0.3) is 0 Å². The smallest absolute Gasteiger partial charge is 0.238 e. The van der Waals surface area contributed by atoms with E-state index in [1.165, 1.54) is 0 Å². The molecule has 5 heteroatoms. The molecule has 0 fully saturated rings. The maximum atomic E-state index is 11.8. The lowest BCUT2D eigenvalue weighted by Gasteiger charge is -2.35. The third kappa shape index (κ3) is 7.79. The van der Waals surface area contributed by atoms with E-state index in [9.17, 15) is 4.79 Å². The van der Waals surface area contributed by atoms with E-state index in [-0.39, 0.29) is 11.9 Å². The van der Waals surface area contributed by atoms with Gasteiger partial charge >= 0.3 is 0 Å². The van der Waals surface area contributed by atoms with Gasteiger partial charge in [0.2, 0.25) is 5.91 Å². The summed E-state index contributed by atoms with van der Waals surface area (Å²) in [6.45, 7) is 18.4. The number of hydrogen-bond acceptors (Lipinski definition) is 4. The van der Waals surface area contributed by atoms with Crippen LogP contribution in [0.3, 0.4) is 0 Å². The van der Waals surface area contributed by atoms with Crippen LogP contribution in [-0.2, 0) is 4.79 Å². The van der Waals surface area contributed by atoms with Gasteiger partial charge < -0.3 is 20.9 Å². The minimum atomic E-state index is -0.667. The third-order valence-electron chi connectivity index (χ3n) is 3.98. The van der Waals surface area contributed by atoms with Crippen LogP contribution in [0.15, 0.2) is 0 Å². The molecule has 3 N–H and O–H groups in total. The van der Waals surface area contributed by atoms with Crippen molar-refractivity contribution in [3.8, 4) is 0 Å². The predicted octanol–water partition coefficient (Wildman–Crippen LogP) is 1.28. The lowest BCUT2D eigenvalue weighted by atomic mass is 9.99. The maximum Gasteiger partial charge on any atom is 0.238 e. The number of hydrogen-bond donors (Lipinski definition) is 2. The van der Waals surface area contributed by atoms with Crippen molar-refractivity contribution >= 4 is 5.91 Å². The van der Waals surface area contributed by atoms with Gasteiger partial charge in [0.25, 0.3) is 0 Å². The first-order valence-corrected chi connectivity index (χ1v) is 8.31. The van der Waals surface area contributed by atoms with E-state index < -0.39 is 5.54 Å². The number of nitrogens with zero attached hydrogens (tertiary/aromatic N) is 2. The van der Waals surface area contributed by atoms with Crippen LogP contribution in [0.2, 0.25) is 0 Å². The molecule has 21 heavy (non-hydrogen) atoms. The summed E-state index contributed by atoms with van der Waals surface area (Å²) >= 11 is 0. The number of carbonyl (C=O) groups excluding carboxylic acids is 1. The summed E-state index contributed by atoms with van der Waals surface area (Å²) in [6, 6.07) is 0.233. The molecule has 126 valence electrons. The Kier molecular flexibility index (Phi) is 9.83. The van der Waals surface area contributed by atoms with Crippen molar-refractivity contribution in [3.63, 3.8) is 0 Å². The summed E-state index contributed by atoms with van der Waals surface area (Å²) in [7, 11) is 0. The van der Waals surface area contributed by atoms with E-state index >= 15 is 0 Å². The molecular weight excluding hydrogens is 264 g/mol. The lowest BCUT2D eigenvalue weighted by Crippen LogP contribution is -2.61. The van der Waals surface area contributed by atoms with Crippen LogP contribution >= 0.6 is 0 Å². The average Bonchev–Trinajstić information content (AvgIpc) is 2.41. The van der Waals surface area contributed by atoms with Crippen molar-refractivity contribution in [2.45, 2.75) is 59.5 Å². The summed E-state index contributed by atoms with van der Waals surface area (Å²) in [5.41, 5.74) is 4.94. The van der Waals surface area contributed by atoms with Gasteiger partial charge in [-0.25, -0.2) is 0 Å². The first-order valence-electron chi connectivity index (χ1n) is 8.31. The van der Waals surface area contributed by atoms with E-state index in [1.807, 2.05) is 20.8 Å². The van der Waals surface area contributed by atoms with Crippen molar-refractivity contribution < 1.29 is 4.79 Å². The summed E-state index contributed by atoms with van der Waals surface area (Å²) in [5.74, 6) is -0.279. The van der Waals surface area contributed by atoms with Gasteiger partial charge in [-0.3, -0.25) is 4.79 Å². The van der Waals surface area contributed by atoms with Crippen molar-refractivity contribution in [3.05, 3.63) is 0 Å². The average molecular weight is 300 g/mol. The number of carbonyl (C=O) groups is 1. The summed E-state index contributed by atoms with van der Waals surface area (Å²) in [4.78, 5) is 16.5. The molecule has 1 amide bonds. The van der Waals surface area contributed by atoms with Crippen LogP contribution in [0.1, 0.15) is 48.0 Å². The highest BCUT2D eigenvalue weighted by molar-refractivity contribution is 5.84. The van der Waals surface area contributed by atoms with Gasteiger partial charge in [-0.15, -0.1) is 0 Å². The molecule has 0 aromatic rings. The normalized spacial score (nSPS) is 14.9. The number of nitrogens with two attached hydrogens (primary N) is 1. The zero-order chi connectivity index (χ0) is 16.5. The highest BCUT2D eigenvalue weighted by Gasteiger charge is 2.33. The van der Waals surface area contributed by atoms with Crippen LogP contribution in [0.4, 0.5) is 0 Å². The van der Waals surface area contributed by atoms with Crippen LogP contribution < -0.4 is 11.1 Å². The third-order valence-corrected chi connectivity index (χ3v) is 3.98. The van der Waals surface area contributed by atoms with Crippen molar-refractivity contribution in [1.29, 1.82) is 0 Å². The van der Waals surface area contributed by atoms with Crippen LogP contribution in [0.5, 0.6) is 0 Å². The van der Waals surface area contributed by atoms with Gasteiger partial charge in [0.1, 0.15) is 5.54 Å². The monoisotopic (exact) mass is 300 g/mol. The topological polar surface area (TPSA) is 61.6 Å². The second-order valence-electron chi connectivity index (χ2n) is 6.24. The van der Waals surface area contributed by atoms with E-state index in [0.29, 0.717) is 6.54 Å². The molecule has 1 atom stereocenters. The standard InChI is InChI=1S/C16H36N4O/c1-7-19(8-2)11-10-12-20(9-3)13-16(6,15(17)21)18-14(4)5/h14,18H,7-13H2,1-6H3,(H2,17,21). The Hall–Kier alpha value is -0.650. The van der Waals surface area contributed by atoms with Gasteiger partial charge in [0, 0.05) is 12.6 Å². The molecule has 0 saturated heterocycles. The van der Waals surface area contributed by atoms with Gasteiger partial charge in [-0.2, -0.15) is 0 Å². The quantitative estimate of drug-likeness (QED) is 0.570. The SMILES string of the molecule is CCN(CC)CCCN(CC)CC(C)(NC(C)C)C(N)=O. The highest BCUT2D eigenvalue weighted by atomic mass is 16.1. The van der Waals surface area contributed by atoms with Gasteiger partial charge in [-0.1, -0.05) is 20.8 Å². The molecule has 0 aliphatic rings. The Morgan fingerprint density at radius 3 is 1.95 bits per heavy atom. The minimum absolute atomic E-state index is 0.233. The fourth-order valence-electron chi connectivity index (χ4n) is 2.69. The zero-order valence-electron chi connectivity index (χ0n) is 14.9. The Morgan fingerprint density at radius 2 is 1.57 bits per heavy atom. The maximum absolute atomic E-state index is 11.8. The number of primary amides is 1. The Bertz CT molecular complexity index is 292. The second kappa shape index (κ2) is 10.1. The molecule has 0 aromatic heterocycles. The molecule has 1 unspecified atom stereocenters. The number of amides is 1. The number of rotatable bonds is 12. The fourth-order valence-corrected chi connectivity index (χ4v) is 2.69. The first kappa shape index (κ1) is 20.3. The number of nitrogens with one attached hydrogen (secondary N) is 1. The molecule has 0 heterocycles. The van der Waals surface area contributed by atoms with E-state index in [4.69, 9.17) is 5.73 Å². The van der Waals surface area contributed by atoms with Gasteiger partial charge in [0.15, 0.2) is 0 Å². The number of likely N-dealkylation sites (N-methyl/N-ethyl adjacent to an activating group) is 1. The summed E-state index contributed by atoms with van der Waals surface area (Å²) in [6.07, 6.45) is 1.12. The molecule has 0 bridgehead atoms. The molecule has 0 saturated carbocycles. The van der Waals surface area contributed by atoms with Crippen molar-refractivity contribution in [2.24, 2.45) is 5.73 Å². The highest BCUT2D eigenvalue weighted by Crippen LogP contribution is 2.09. The Morgan fingerprint density at radius 1 is 1.10 bits per heavy atom. The predicted molar refractivity (Wildman–Crippen MR) is 90.4 cm³/mol. The van der Waals surface area contributed by atoms with Gasteiger partial charge in [-0.05, 0) is 59.9 Å². The largest absolute Gasteiger partial charge is 0.368 e. The lowest BCUT2D eigenvalue weighted by molar-refractivity contribution is -0.124. The fraction of sp³-hybridized carbons (Fsp3) is 0.938. The van der Waals surface area contributed by atoms with Gasteiger partial charge in [0.05, 0.1) is 0 Å². The molecule has 0 aliphatic carbocycles. The zero-order valence-corrected chi connectivity index (χ0v) is 14.9. The van der Waals surface area contributed by atoms with Crippen molar-refractivity contribution in [1.82, 2.24) is 15.1 Å². The van der Waals surface area contributed by atoms with E-state index in [2.05, 4.69) is 35.9 Å². The van der Waals surface area contributed by atoms with Crippen LogP contribution in [0, 0.1) is 0 Å². The molecule has 0 aromatic carbocycles. The molecule has 0 spiro atoms. The first-order chi connectivity index (χ1) is 9.78. The van der Waals surface area contributed by atoms with Crippen LogP contribution in [-0.4, -0.2) is 66.6 Å². The molecule has 5 nitrogen and oxygen atoms in total. The molecule has 0 rings (SSSR count). The molecule has 0 radical (unpaired) electrons. The van der Waals surface area contributed by atoms with E-state index in [1.54, 1.807) is 0 Å². The summed E-state index contributed by atoms with van der Waals surface area (Å²) in [5, 5.41) is 3.32. The summed E-state index contributed by atoms with van der Waals surface area (Å²) < 4.78 is 0. The Balaban J connectivity index is 4.47. The van der Waals surface area contributed by atoms with Crippen molar-refractivity contribution in [2.75, 3.05) is 39.3 Å². The Labute approximate surface area is 131 Å². The second-order valence-corrected chi connectivity index (χ2v) is 6.24.